The number of thiol groups is 1. The van der Waals surface area contributed by atoms with Crippen molar-refractivity contribution in [3.05, 3.63) is 22.4 Å². The Morgan fingerprint density at radius 1 is 1.27 bits per heavy atom. The third-order valence-electron chi connectivity index (χ3n) is 2.52. The Kier molecular flexibility index (Phi) is 7.14. The molecule has 0 bridgehead atoms. The van der Waals surface area contributed by atoms with Gasteiger partial charge >= 0.3 is 0 Å². The fourth-order valence-electron chi connectivity index (χ4n) is 1.54. The molecule has 15 heavy (non-hydrogen) atoms. The Labute approximate surface area is 103 Å². The second-order valence-electron chi connectivity index (χ2n) is 3.92. The van der Waals surface area contributed by atoms with Crippen LogP contribution in [0.5, 0.6) is 0 Å². The third kappa shape index (κ3) is 6.23. The minimum atomic E-state index is 1.03. The molecule has 1 aromatic rings. The normalized spacial score (nSPS) is 11.1. The summed E-state index contributed by atoms with van der Waals surface area (Å²) >= 11 is 6.07. The summed E-state index contributed by atoms with van der Waals surface area (Å²) < 4.78 is 0. The van der Waals surface area contributed by atoms with Crippen LogP contribution in [0.2, 0.25) is 0 Å². The minimum Gasteiger partial charge on any atom is -0.306 e. The van der Waals surface area contributed by atoms with E-state index in [0.717, 1.165) is 5.75 Å². The molecule has 1 nitrogen and oxygen atoms in total. The molecule has 1 rings (SSSR count). The van der Waals surface area contributed by atoms with Gasteiger partial charge in [-0.1, -0.05) is 12.5 Å². The summed E-state index contributed by atoms with van der Waals surface area (Å²) in [5, 5.41) is 2.15. The van der Waals surface area contributed by atoms with E-state index in [4.69, 9.17) is 0 Å². The van der Waals surface area contributed by atoms with Crippen LogP contribution >= 0.6 is 24.0 Å². The second-order valence-corrected chi connectivity index (χ2v) is 5.40. The molecule has 3 heteroatoms. The van der Waals surface area contributed by atoms with Crippen molar-refractivity contribution in [2.75, 3.05) is 25.9 Å². The van der Waals surface area contributed by atoms with Crippen LogP contribution in [0.15, 0.2) is 17.5 Å². The first-order valence-corrected chi connectivity index (χ1v) is 7.16. The van der Waals surface area contributed by atoms with Gasteiger partial charge in [-0.3, -0.25) is 0 Å². The van der Waals surface area contributed by atoms with Gasteiger partial charge in [0.05, 0.1) is 0 Å². The SMILES string of the molecule is CN(CCCCCS)CCc1cccs1. The Morgan fingerprint density at radius 2 is 2.13 bits per heavy atom. The molecule has 0 N–H and O–H groups in total. The van der Waals surface area contributed by atoms with Crippen molar-refractivity contribution in [2.24, 2.45) is 0 Å². The number of rotatable bonds is 8. The Bertz CT molecular complexity index is 234. The quantitative estimate of drug-likeness (QED) is 0.541. The van der Waals surface area contributed by atoms with Crippen LogP contribution in [-0.4, -0.2) is 30.8 Å². The smallest absolute Gasteiger partial charge is 0.00579 e. The van der Waals surface area contributed by atoms with E-state index in [1.165, 1.54) is 43.6 Å². The topological polar surface area (TPSA) is 3.24 Å². The molecule has 0 aliphatic heterocycles. The molecule has 0 aromatic carbocycles. The van der Waals surface area contributed by atoms with Gasteiger partial charge in [0.1, 0.15) is 0 Å². The molecule has 86 valence electrons. The monoisotopic (exact) mass is 243 g/mol. The summed E-state index contributed by atoms with van der Waals surface area (Å²) in [6.07, 6.45) is 5.07. The highest BCUT2D eigenvalue weighted by Gasteiger charge is 1.99. The van der Waals surface area contributed by atoms with Gasteiger partial charge in [-0.15, -0.1) is 11.3 Å². The zero-order chi connectivity index (χ0) is 10.9. The molecule has 0 saturated carbocycles. The first-order valence-electron chi connectivity index (χ1n) is 5.64. The number of hydrogen-bond acceptors (Lipinski definition) is 3. The van der Waals surface area contributed by atoms with E-state index in [9.17, 15) is 0 Å². The van der Waals surface area contributed by atoms with Gasteiger partial charge in [0, 0.05) is 11.4 Å². The van der Waals surface area contributed by atoms with Crippen LogP contribution < -0.4 is 0 Å². The van der Waals surface area contributed by atoms with Gasteiger partial charge in [0.2, 0.25) is 0 Å². The van der Waals surface area contributed by atoms with Gasteiger partial charge in [-0.25, -0.2) is 0 Å². The largest absolute Gasteiger partial charge is 0.306 e. The first kappa shape index (κ1) is 13.1. The number of likely N-dealkylation sites (N-methyl/N-ethyl adjacent to an activating group) is 1. The maximum absolute atomic E-state index is 4.21. The lowest BCUT2D eigenvalue weighted by molar-refractivity contribution is 0.330. The molecule has 0 radical (unpaired) electrons. The summed E-state index contributed by atoms with van der Waals surface area (Å²) in [6.45, 7) is 2.40. The van der Waals surface area contributed by atoms with Crippen molar-refractivity contribution in [3.63, 3.8) is 0 Å². The molecule has 0 aliphatic rings. The van der Waals surface area contributed by atoms with E-state index in [1.54, 1.807) is 0 Å². The lowest BCUT2D eigenvalue weighted by Gasteiger charge is -2.15. The van der Waals surface area contributed by atoms with E-state index < -0.39 is 0 Å². The van der Waals surface area contributed by atoms with Crippen molar-refractivity contribution in [3.8, 4) is 0 Å². The van der Waals surface area contributed by atoms with E-state index in [-0.39, 0.29) is 0 Å². The van der Waals surface area contributed by atoms with Gasteiger partial charge in [-0.05, 0) is 50.1 Å². The van der Waals surface area contributed by atoms with Crippen molar-refractivity contribution in [1.29, 1.82) is 0 Å². The van der Waals surface area contributed by atoms with Crippen LogP contribution in [0.3, 0.4) is 0 Å². The molecular formula is C12H21NS2. The van der Waals surface area contributed by atoms with Crippen molar-refractivity contribution >= 4 is 24.0 Å². The second kappa shape index (κ2) is 8.20. The standard InChI is InChI=1S/C12H21NS2/c1-13(8-3-2-4-10-14)9-7-12-6-5-11-15-12/h5-6,11,14H,2-4,7-10H2,1H3. The molecule has 0 atom stereocenters. The van der Waals surface area contributed by atoms with E-state index in [1.807, 2.05) is 11.3 Å². The Morgan fingerprint density at radius 3 is 2.80 bits per heavy atom. The predicted molar refractivity (Wildman–Crippen MR) is 73.2 cm³/mol. The van der Waals surface area contributed by atoms with Crippen molar-refractivity contribution < 1.29 is 0 Å². The summed E-state index contributed by atoms with van der Waals surface area (Å²) in [7, 11) is 2.22. The van der Waals surface area contributed by atoms with E-state index in [2.05, 4.69) is 42.1 Å². The van der Waals surface area contributed by atoms with E-state index in [0.29, 0.717) is 0 Å². The molecule has 0 saturated heterocycles. The van der Waals surface area contributed by atoms with Gasteiger partial charge in [-0.2, -0.15) is 12.6 Å². The maximum Gasteiger partial charge on any atom is 0.00579 e. The van der Waals surface area contributed by atoms with Crippen LogP contribution in [0.25, 0.3) is 0 Å². The first-order chi connectivity index (χ1) is 7.33. The number of thiophene rings is 1. The summed E-state index contributed by atoms with van der Waals surface area (Å²) in [6, 6.07) is 4.35. The zero-order valence-electron chi connectivity index (χ0n) is 9.48. The fourth-order valence-corrected chi connectivity index (χ4v) is 2.46. The van der Waals surface area contributed by atoms with Crippen molar-refractivity contribution in [1.82, 2.24) is 4.90 Å². The van der Waals surface area contributed by atoms with Gasteiger partial charge in [0.15, 0.2) is 0 Å². The zero-order valence-corrected chi connectivity index (χ0v) is 11.2. The average Bonchev–Trinajstić information content (AvgIpc) is 2.74. The lowest BCUT2D eigenvalue weighted by atomic mass is 10.2. The Hall–Kier alpha value is 0.01000. The van der Waals surface area contributed by atoms with Crippen LogP contribution in [0, 0.1) is 0 Å². The molecule has 0 unspecified atom stereocenters. The van der Waals surface area contributed by atoms with Crippen LogP contribution in [0.1, 0.15) is 24.1 Å². The maximum atomic E-state index is 4.21. The van der Waals surface area contributed by atoms with Gasteiger partial charge in [0.25, 0.3) is 0 Å². The van der Waals surface area contributed by atoms with Gasteiger partial charge < -0.3 is 4.90 Å². The van der Waals surface area contributed by atoms with Crippen molar-refractivity contribution in [2.45, 2.75) is 25.7 Å². The Balaban J connectivity index is 2.01. The highest BCUT2D eigenvalue weighted by atomic mass is 32.1. The van der Waals surface area contributed by atoms with E-state index >= 15 is 0 Å². The summed E-state index contributed by atoms with van der Waals surface area (Å²) in [5.41, 5.74) is 0. The highest BCUT2D eigenvalue weighted by molar-refractivity contribution is 7.80. The molecule has 0 amide bonds. The fraction of sp³-hybridized carbons (Fsp3) is 0.667. The molecule has 1 heterocycles. The number of nitrogens with zero attached hydrogens (tertiary/aromatic N) is 1. The third-order valence-corrected chi connectivity index (χ3v) is 3.77. The lowest BCUT2D eigenvalue weighted by Crippen LogP contribution is -2.22. The molecule has 0 spiro atoms. The number of hydrogen-bond donors (Lipinski definition) is 1. The summed E-state index contributed by atoms with van der Waals surface area (Å²) in [5.74, 6) is 1.03. The molecular weight excluding hydrogens is 222 g/mol. The molecule has 0 fully saturated rings. The summed E-state index contributed by atoms with van der Waals surface area (Å²) in [4.78, 5) is 3.93. The van der Waals surface area contributed by atoms with Crippen LogP contribution in [-0.2, 0) is 6.42 Å². The average molecular weight is 243 g/mol. The predicted octanol–water partition coefficient (Wildman–Crippen LogP) is 3.32. The molecule has 1 aromatic heterocycles. The van der Waals surface area contributed by atoms with Crippen LogP contribution in [0.4, 0.5) is 0 Å². The minimum absolute atomic E-state index is 1.03. The number of unbranched alkanes of at least 4 members (excludes halogenated alkanes) is 2. The highest BCUT2D eigenvalue weighted by Crippen LogP contribution is 2.09. The molecule has 0 aliphatic carbocycles.